The maximum absolute atomic E-state index is 12.5. The Bertz CT molecular complexity index is 655. The molecule has 2 nitrogen and oxygen atoms in total. The molecule has 0 saturated carbocycles. The van der Waals surface area contributed by atoms with Gasteiger partial charge in [0.2, 0.25) is 0 Å². The SMILES string of the molecule is COc1c(C)cc(C(=O)c2ccc(Cl)c(Cl)c2)cc1C. The van der Waals surface area contributed by atoms with Crippen molar-refractivity contribution >= 4 is 29.0 Å². The third-order valence-electron chi connectivity index (χ3n) is 3.11. The average Bonchev–Trinajstić information content (AvgIpc) is 2.40. The molecule has 0 aliphatic rings. The summed E-state index contributed by atoms with van der Waals surface area (Å²) >= 11 is 11.8. The lowest BCUT2D eigenvalue weighted by Crippen LogP contribution is -2.03. The summed E-state index contributed by atoms with van der Waals surface area (Å²) in [5, 5.41) is 0.810. The molecule has 0 aromatic heterocycles. The van der Waals surface area contributed by atoms with Crippen molar-refractivity contribution in [2.75, 3.05) is 7.11 Å². The predicted molar refractivity (Wildman–Crippen MR) is 82.4 cm³/mol. The van der Waals surface area contributed by atoms with Gasteiger partial charge in [0.25, 0.3) is 0 Å². The summed E-state index contributed by atoms with van der Waals surface area (Å²) in [5.41, 5.74) is 2.98. The molecule has 2 rings (SSSR count). The first kappa shape index (κ1) is 14.9. The van der Waals surface area contributed by atoms with Crippen molar-refractivity contribution in [1.29, 1.82) is 0 Å². The van der Waals surface area contributed by atoms with Crippen LogP contribution in [0.1, 0.15) is 27.0 Å². The van der Waals surface area contributed by atoms with Gasteiger partial charge >= 0.3 is 0 Å². The number of carbonyl (C=O) groups is 1. The minimum Gasteiger partial charge on any atom is -0.496 e. The van der Waals surface area contributed by atoms with Crippen LogP contribution in [-0.4, -0.2) is 12.9 Å². The van der Waals surface area contributed by atoms with Gasteiger partial charge in [0.05, 0.1) is 17.2 Å². The van der Waals surface area contributed by atoms with Gasteiger partial charge in [-0.3, -0.25) is 4.79 Å². The lowest BCUT2D eigenvalue weighted by molar-refractivity contribution is 0.103. The highest BCUT2D eigenvalue weighted by Crippen LogP contribution is 2.27. The summed E-state index contributed by atoms with van der Waals surface area (Å²) in [7, 11) is 1.62. The maximum Gasteiger partial charge on any atom is 0.193 e. The molecule has 0 aliphatic heterocycles. The van der Waals surface area contributed by atoms with Gasteiger partial charge in [-0.05, 0) is 55.3 Å². The van der Waals surface area contributed by atoms with Crippen molar-refractivity contribution in [3.8, 4) is 5.75 Å². The minimum atomic E-state index is -0.0857. The third kappa shape index (κ3) is 2.82. The molecule has 0 fully saturated rings. The van der Waals surface area contributed by atoms with E-state index in [1.54, 1.807) is 25.3 Å². The average molecular weight is 309 g/mol. The van der Waals surface area contributed by atoms with E-state index in [-0.39, 0.29) is 5.78 Å². The van der Waals surface area contributed by atoms with Gasteiger partial charge in [0, 0.05) is 11.1 Å². The monoisotopic (exact) mass is 308 g/mol. The zero-order chi connectivity index (χ0) is 14.9. The second-order valence-electron chi connectivity index (χ2n) is 4.60. The Hall–Kier alpha value is -1.51. The predicted octanol–water partition coefficient (Wildman–Crippen LogP) is 4.85. The van der Waals surface area contributed by atoms with Gasteiger partial charge in [-0.1, -0.05) is 23.2 Å². The standard InChI is InChI=1S/C16H14Cl2O2/c1-9-6-12(7-10(2)16(9)20-3)15(19)11-4-5-13(17)14(18)8-11/h4-8H,1-3H3. The van der Waals surface area contributed by atoms with Crippen LogP contribution in [0.5, 0.6) is 5.75 Å². The number of rotatable bonds is 3. The van der Waals surface area contributed by atoms with Crippen LogP contribution in [0, 0.1) is 13.8 Å². The summed E-state index contributed by atoms with van der Waals surface area (Å²) in [6.45, 7) is 3.83. The summed E-state index contributed by atoms with van der Waals surface area (Å²) in [6.07, 6.45) is 0. The van der Waals surface area contributed by atoms with E-state index in [1.165, 1.54) is 0 Å². The first-order chi connectivity index (χ1) is 9.43. The molecule has 0 amide bonds. The van der Waals surface area contributed by atoms with Crippen LogP contribution in [0.15, 0.2) is 30.3 Å². The van der Waals surface area contributed by atoms with Crippen LogP contribution in [-0.2, 0) is 0 Å². The van der Waals surface area contributed by atoms with E-state index < -0.39 is 0 Å². The minimum absolute atomic E-state index is 0.0857. The molecule has 2 aromatic carbocycles. The maximum atomic E-state index is 12.5. The molecule has 2 aromatic rings. The normalized spacial score (nSPS) is 10.4. The number of benzene rings is 2. The van der Waals surface area contributed by atoms with Crippen LogP contribution in [0.25, 0.3) is 0 Å². The van der Waals surface area contributed by atoms with Gasteiger partial charge in [-0.15, -0.1) is 0 Å². The van der Waals surface area contributed by atoms with E-state index in [2.05, 4.69) is 0 Å². The highest BCUT2D eigenvalue weighted by atomic mass is 35.5. The van der Waals surface area contributed by atoms with E-state index >= 15 is 0 Å². The molecule has 0 N–H and O–H groups in total. The van der Waals surface area contributed by atoms with Gasteiger partial charge in [0.15, 0.2) is 5.78 Å². The first-order valence-electron chi connectivity index (χ1n) is 6.09. The van der Waals surface area contributed by atoms with Crippen LogP contribution < -0.4 is 4.74 Å². The Balaban J connectivity index is 2.45. The van der Waals surface area contributed by atoms with Crippen molar-refractivity contribution in [3.05, 3.63) is 62.6 Å². The molecule has 0 bridgehead atoms. The zero-order valence-corrected chi connectivity index (χ0v) is 13.0. The van der Waals surface area contributed by atoms with E-state index in [9.17, 15) is 4.79 Å². The lowest BCUT2D eigenvalue weighted by Gasteiger charge is -2.11. The van der Waals surface area contributed by atoms with Crippen LogP contribution >= 0.6 is 23.2 Å². The molecule has 0 saturated heterocycles. The number of hydrogen-bond acceptors (Lipinski definition) is 2. The molecule has 0 atom stereocenters. The molecule has 0 heterocycles. The number of methoxy groups -OCH3 is 1. The summed E-state index contributed by atoms with van der Waals surface area (Å²) in [5.74, 6) is 0.716. The molecule has 104 valence electrons. The van der Waals surface area contributed by atoms with E-state index in [1.807, 2.05) is 26.0 Å². The number of halogens is 2. The summed E-state index contributed by atoms with van der Waals surface area (Å²) < 4.78 is 5.30. The molecule has 20 heavy (non-hydrogen) atoms. The van der Waals surface area contributed by atoms with Gasteiger partial charge < -0.3 is 4.74 Å². The molecular weight excluding hydrogens is 295 g/mol. The second-order valence-corrected chi connectivity index (χ2v) is 5.42. The topological polar surface area (TPSA) is 26.3 Å². The molecule has 0 radical (unpaired) electrons. The van der Waals surface area contributed by atoms with Crippen LogP contribution in [0.2, 0.25) is 10.0 Å². The molecule has 4 heteroatoms. The Morgan fingerprint density at radius 2 is 1.55 bits per heavy atom. The molecular formula is C16H14Cl2O2. The number of ketones is 1. The van der Waals surface area contributed by atoms with Crippen molar-refractivity contribution in [2.45, 2.75) is 13.8 Å². The second kappa shape index (κ2) is 5.86. The fourth-order valence-electron chi connectivity index (χ4n) is 2.21. The van der Waals surface area contributed by atoms with E-state index in [0.717, 1.165) is 16.9 Å². The fraction of sp³-hybridized carbons (Fsp3) is 0.188. The number of aryl methyl sites for hydroxylation is 2. The number of ether oxygens (including phenoxy) is 1. The largest absolute Gasteiger partial charge is 0.496 e. The van der Waals surface area contributed by atoms with Crippen LogP contribution in [0.4, 0.5) is 0 Å². The smallest absolute Gasteiger partial charge is 0.193 e. The van der Waals surface area contributed by atoms with Gasteiger partial charge in [0.1, 0.15) is 5.75 Å². The summed E-state index contributed by atoms with van der Waals surface area (Å²) in [6, 6.07) is 8.51. The van der Waals surface area contributed by atoms with Gasteiger partial charge in [-0.25, -0.2) is 0 Å². The van der Waals surface area contributed by atoms with E-state index in [0.29, 0.717) is 21.2 Å². The fourth-order valence-corrected chi connectivity index (χ4v) is 2.51. The Kier molecular flexibility index (Phi) is 4.36. The zero-order valence-electron chi connectivity index (χ0n) is 11.5. The number of hydrogen-bond donors (Lipinski definition) is 0. The number of carbonyl (C=O) groups excluding carboxylic acids is 1. The van der Waals surface area contributed by atoms with E-state index in [4.69, 9.17) is 27.9 Å². The van der Waals surface area contributed by atoms with Crippen molar-refractivity contribution in [2.24, 2.45) is 0 Å². The third-order valence-corrected chi connectivity index (χ3v) is 3.85. The van der Waals surface area contributed by atoms with Crippen molar-refractivity contribution < 1.29 is 9.53 Å². The lowest BCUT2D eigenvalue weighted by atomic mass is 9.98. The summed E-state index contributed by atoms with van der Waals surface area (Å²) in [4.78, 5) is 12.5. The Morgan fingerprint density at radius 1 is 0.950 bits per heavy atom. The molecule has 0 aliphatic carbocycles. The highest BCUT2D eigenvalue weighted by Gasteiger charge is 2.14. The van der Waals surface area contributed by atoms with Crippen molar-refractivity contribution in [1.82, 2.24) is 0 Å². The van der Waals surface area contributed by atoms with Crippen molar-refractivity contribution in [3.63, 3.8) is 0 Å². The molecule has 0 unspecified atom stereocenters. The Morgan fingerprint density at radius 3 is 2.05 bits per heavy atom. The van der Waals surface area contributed by atoms with Crippen LogP contribution in [0.3, 0.4) is 0 Å². The Labute approximate surface area is 128 Å². The first-order valence-corrected chi connectivity index (χ1v) is 6.84. The molecule has 0 spiro atoms. The van der Waals surface area contributed by atoms with Gasteiger partial charge in [-0.2, -0.15) is 0 Å². The quantitative estimate of drug-likeness (QED) is 0.758. The highest BCUT2D eigenvalue weighted by molar-refractivity contribution is 6.42.